The van der Waals surface area contributed by atoms with Crippen molar-refractivity contribution in [2.45, 2.75) is 70.0 Å². The van der Waals surface area contributed by atoms with Gasteiger partial charge in [0.05, 0.1) is 19.1 Å². The molecule has 0 spiro atoms. The molecule has 0 heterocycles. The van der Waals surface area contributed by atoms with Crippen LogP contribution in [-0.2, 0) is 32.6 Å². The number of sulfonamides is 1. The maximum atomic E-state index is 14.0. The molecule has 2 amide bonds. The normalized spacial score (nSPS) is 14.4. The Labute approximate surface area is 264 Å². The first-order valence-electron chi connectivity index (χ1n) is 15.2. The van der Waals surface area contributed by atoms with Crippen LogP contribution in [0.4, 0.5) is 14.5 Å². The third-order valence-electron chi connectivity index (χ3n) is 8.05. The van der Waals surface area contributed by atoms with E-state index in [1.807, 2.05) is 48.5 Å². The summed E-state index contributed by atoms with van der Waals surface area (Å²) in [5.41, 5.74) is 1.63. The minimum atomic E-state index is -3.87. The topological polar surface area (TPSA) is 96.0 Å². The monoisotopic (exact) mass is 641 g/mol. The van der Waals surface area contributed by atoms with Crippen LogP contribution in [0, 0.1) is 11.6 Å². The van der Waals surface area contributed by atoms with Crippen molar-refractivity contribution < 1.29 is 31.5 Å². The molecule has 0 saturated heterocycles. The van der Waals surface area contributed by atoms with Crippen LogP contribution in [0.5, 0.6) is 5.75 Å². The van der Waals surface area contributed by atoms with Gasteiger partial charge in [0, 0.05) is 38.0 Å². The molecule has 1 aliphatic rings. The van der Waals surface area contributed by atoms with E-state index in [1.54, 1.807) is 18.1 Å². The molecule has 1 aliphatic carbocycles. The van der Waals surface area contributed by atoms with Crippen LogP contribution < -0.4 is 14.4 Å². The number of nitrogens with one attached hydrogen (secondary N) is 1. The quantitative estimate of drug-likeness (QED) is 0.247. The smallest absolute Gasteiger partial charge is 0.243 e. The maximum absolute atomic E-state index is 14.0. The van der Waals surface area contributed by atoms with Gasteiger partial charge in [0.25, 0.3) is 0 Å². The molecule has 0 radical (unpaired) electrons. The minimum Gasteiger partial charge on any atom is -0.497 e. The summed E-state index contributed by atoms with van der Waals surface area (Å²) >= 11 is 0. The first-order chi connectivity index (χ1) is 21.5. The van der Waals surface area contributed by atoms with Gasteiger partial charge in [-0.25, -0.2) is 17.2 Å². The van der Waals surface area contributed by atoms with Gasteiger partial charge in [-0.2, -0.15) is 0 Å². The van der Waals surface area contributed by atoms with E-state index < -0.39 is 27.7 Å². The fourth-order valence-electron chi connectivity index (χ4n) is 5.71. The zero-order valence-electron chi connectivity index (χ0n) is 25.8. The third-order valence-corrected chi connectivity index (χ3v) is 9.25. The molecular weight excluding hydrogens is 600 g/mol. The molecule has 4 rings (SSSR count). The Morgan fingerprint density at radius 3 is 2.31 bits per heavy atom. The molecule has 1 saturated carbocycles. The van der Waals surface area contributed by atoms with Gasteiger partial charge in [0.2, 0.25) is 21.8 Å². The zero-order chi connectivity index (χ0) is 32.4. The highest BCUT2D eigenvalue weighted by Crippen LogP contribution is 2.24. The molecule has 3 aromatic carbocycles. The standard InChI is InChI=1S/C34H41F2N3O5S/c1-44-29-16-9-13-26(21-29)24-38(32(22-25-11-5-3-6-12-25)34(41)37-27-14-7-4-8-15-27)33(40)17-10-20-39(45(2,42)43)28-18-19-30(35)31(36)23-28/h3,5-6,9,11-13,16,18-19,21,23,27,32H,4,7-8,10,14-15,17,20,22,24H2,1-2H3,(H,37,41). The molecule has 242 valence electrons. The summed E-state index contributed by atoms with van der Waals surface area (Å²) < 4.78 is 59.0. The average Bonchev–Trinajstić information content (AvgIpc) is 3.02. The molecule has 1 fully saturated rings. The molecular formula is C34H41F2N3O5S. The minimum absolute atomic E-state index is 0.0362. The van der Waals surface area contributed by atoms with Crippen LogP contribution in [0.2, 0.25) is 0 Å². The summed E-state index contributed by atoms with van der Waals surface area (Å²) in [6, 6.07) is 18.9. The number of halogens is 2. The Kier molecular flexibility index (Phi) is 11.9. The van der Waals surface area contributed by atoms with Gasteiger partial charge in [-0.1, -0.05) is 61.7 Å². The number of methoxy groups -OCH3 is 1. The van der Waals surface area contributed by atoms with E-state index in [4.69, 9.17) is 4.74 Å². The number of amides is 2. The van der Waals surface area contributed by atoms with Gasteiger partial charge < -0.3 is 15.0 Å². The number of carbonyl (C=O) groups excluding carboxylic acids is 2. The Bertz CT molecular complexity index is 1550. The van der Waals surface area contributed by atoms with Crippen LogP contribution >= 0.6 is 0 Å². The van der Waals surface area contributed by atoms with Gasteiger partial charge >= 0.3 is 0 Å². The summed E-state index contributed by atoms with van der Waals surface area (Å²) in [5, 5.41) is 3.20. The lowest BCUT2D eigenvalue weighted by Crippen LogP contribution is -2.52. The Hall–Kier alpha value is -3.99. The first kappa shape index (κ1) is 33.9. The first-order valence-corrected chi connectivity index (χ1v) is 17.1. The largest absolute Gasteiger partial charge is 0.497 e. The predicted octanol–water partition coefficient (Wildman–Crippen LogP) is 5.61. The molecule has 1 atom stereocenters. The maximum Gasteiger partial charge on any atom is 0.243 e. The van der Waals surface area contributed by atoms with Crippen molar-refractivity contribution in [3.8, 4) is 5.75 Å². The number of carbonyl (C=O) groups is 2. The van der Waals surface area contributed by atoms with E-state index in [0.717, 1.165) is 65.9 Å². The van der Waals surface area contributed by atoms with E-state index in [1.165, 1.54) is 6.07 Å². The predicted molar refractivity (Wildman–Crippen MR) is 170 cm³/mol. The van der Waals surface area contributed by atoms with Crippen LogP contribution in [0.1, 0.15) is 56.1 Å². The number of nitrogens with zero attached hydrogens (tertiary/aromatic N) is 2. The second-order valence-corrected chi connectivity index (χ2v) is 13.4. The number of benzene rings is 3. The van der Waals surface area contributed by atoms with Gasteiger partial charge in [-0.15, -0.1) is 0 Å². The van der Waals surface area contributed by atoms with Crippen LogP contribution in [0.15, 0.2) is 72.8 Å². The van der Waals surface area contributed by atoms with E-state index in [9.17, 15) is 26.8 Å². The fourth-order valence-corrected chi connectivity index (χ4v) is 6.67. The Morgan fingerprint density at radius 1 is 0.933 bits per heavy atom. The Balaban J connectivity index is 1.61. The lowest BCUT2D eigenvalue weighted by molar-refractivity contribution is -0.141. The van der Waals surface area contributed by atoms with Crippen LogP contribution in [0.3, 0.4) is 0 Å². The summed E-state index contributed by atoms with van der Waals surface area (Å²) in [6.45, 7) is -0.00908. The van der Waals surface area contributed by atoms with E-state index in [-0.39, 0.29) is 49.5 Å². The molecule has 0 aliphatic heterocycles. The highest BCUT2D eigenvalue weighted by Gasteiger charge is 2.32. The molecule has 8 nitrogen and oxygen atoms in total. The number of hydrogen-bond acceptors (Lipinski definition) is 5. The number of ether oxygens (including phenoxy) is 1. The highest BCUT2D eigenvalue weighted by molar-refractivity contribution is 7.92. The van der Waals surface area contributed by atoms with Crippen molar-refractivity contribution in [3.05, 3.63) is 95.6 Å². The van der Waals surface area contributed by atoms with E-state index in [2.05, 4.69) is 5.32 Å². The highest BCUT2D eigenvalue weighted by atomic mass is 32.2. The average molecular weight is 642 g/mol. The Morgan fingerprint density at radius 2 is 1.64 bits per heavy atom. The van der Waals surface area contributed by atoms with Gasteiger partial charge in [-0.05, 0) is 54.7 Å². The van der Waals surface area contributed by atoms with Crippen molar-refractivity contribution in [1.29, 1.82) is 0 Å². The molecule has 3 aromatic rings. The second-order valence-electron chi connectivity index (χ2n) is 11.5. The summed E-state index contributed by atoms with van der Waals surface area (Å²) in [6.07, 6.45) is 6.25. The second kappa shape index (κ2) is 15.8. The van der Waals surface area contributed by atoms with Crippen molar-refractivity contribution in [2.75, 3.05) is 24.2 Å². The zero-order valence-corrected chi connectivity index (χ0v) is 26.6. The fraction of sp³-hybridized carbons (Fsp3) is 0.412. The SMILES string of the molecule is COc1cccc(CN(C(=O)CCCN(c2ccc(F)c(F)c2)S(C)(=O)=O)C(Cc2ccccc2)C(=O)NC2CCCCC2)c1. The van der Waals surface area contributed by atoms with Crippen LogP contribution in [-0.4, -0.2) is 57.1 Å². The van der Waals surface area contributed by atoms with Gasteiger partial charge in [0.1, 0.15) is 11.8 Å². The van der Waals surface area contributed by atoms with E-state index >= 15 is 0 Å². The van der Waals surface area contributed by atoms with Crippen molar-refractivity contribution >= 4 is 27.5 Å². The summed E-state index contributed by atoms with van der Waals surface area (Å²) in [7, 11) is -2.31. The lowest BCUT2D eigenvalue weighted by atomic mass is 9.94. The van der Waals surface area contributed by atoms with E-state index in [0.29, 0.717) is 12.2 Å². The summed E-state index contributed by atoms with van der Waals surface area (Å²) in [5.74, 6) is -2.22. The van der Waals surface area contributed by atoms with Crippen LogP contribution in [0.25, 0.3) is 0 Å². The molecule has 1 unspecified atom stereocenters. The molecule has 1 N–H and O–H groups in total. The van der Waals surface area contributed by atoms with Gasteiger partial charge in [0.15, 0.2) is 11.6 Å². The molecule has 0 aromatic heterocycles. The lowest BCUT2D eigenvalue weighted by Gasteiger charge is -2.34. The number of rotatable bonds is 14. The van der Waals surface area contributed by atoms with Crippen molar-refractivity contribution in [2.24, 2.45) is 0 Å². The number of hydrogen-bond donors (Lipinski definition) is 1. The molecule has 11 heteroatoms. The third kappa shape index (κ3) is 9.75. The van der Waals surface area contributed by atoms with Gasteiger partial charge in [-0.3, -0.25) is 13.9 Å². The number of anilines is 1. The molecule has 0 bridgehead atoms. The van der Waals surface area contributed by atoms with Crippen molar-refractivity contribution in [1.82, 2.24) is 10.2 Å². The molecule has 45 heavy (non-hydrogen) atoms. The van der Waals surface area contributed by atoms with Crippen molar-refractivity contribution in [3.63, 3.8) is 0 Å². The summed E-state index contributed by atoms with van der Waals surface area (Å²) in [4.78, 5) is 29.5.